The number of amides is 1. The fourth-order valence-electron chi connectivity index (χ4n) is 5.59. The third-order valence-corrected chi connectivity index (χ3v) is 8.93. The molecular formula is C23H31F3N2O3S. The highest BCUT2D eigenvalue weighted by Gasteiger charge is 2.40. The number of nitrogens with zero attached hydrogens (tertiary/aromatic N) is 2. The number of likely N-dealkylation sites (tertiary alicyclic amines) is 1. The summed E-state index contributed by atoms with van der Waals surface area (Å²) in [5.41, 5.74) is 0.121. The van der Waals surface area contributed by atoms with Crippen LogP contribution < -0.4 is 0 Å². The van der Waals surface area contributed by atoms with Crippen molar-refractivity contribution >= 4 is 15.7 Å². The quantitative estimate of drug-likeness (QED) is 0.645. The van der Waals surface area contributed by atoms with Crippen molar-refractivity contribution in [2.45, 2.75) is 75.7 Å². The summed E-state index contributed by atoms with van der Waals surface area (Å²) in [6, 6.07) is 4.99. The van der Waals surface area contributed by atoms with Crippen LogP contribution in [-0.4, -0.2) is 60.8 Å². The van der Waals surface area contributed by atoms with Gasteiger partial charge in [0.1, 0.15) is 0 Å². The fourth-order valence-corrected chi connectivity index (χ4v) is 7.30. The zero-order chi connectivity index (χ0) is 22.9. The molecule has 0 spiro atoms. The van der Waals surface area contributed by atoms with Crippen molar-refractivity contribution in [2.75, 3.05) is 24.6 Å². The molecule has 0 N–H and O–H groups in total. The number of halogens is 3. The Kier molecular flexibility index (Phi) is 6.86. The molecule has 32 heavy (non-hydrogen) atoms. The number of piperidine rings is 1. The second kappa shape index (κ2) is 9.33. The van der Waals surface area contributed by atoms with Crippen LogP contribution in [0.2, 0.25) is 0 Å². The summed E-state index contributed by atoms with van der Waals surface area (Å²) >= 11 is 0. The topological polar surface area (TPSA) is 57.7 Å². The van der Waals surface area contributed by atoms with Crippen LogP contribution in [0.25, 0.3) is 0 Å². The maximum atomic E-state index is 13.5. The molecule has 2 unspecified atom stereocenters. The van der Waals surface area contributed by atoms with Crippen LogP contribution in [0.3, 0.4) is 0 Å². The average Bonchev–Trinajstić information content (AvgIpc) is 3.38. The van der Waals surface area contributed by atoms with E-state index in [2.05, 4.69) is 4.90 Å². The molecule has 2 aliphatic heterocycles. The van der Waals surface area contributed by atoms with E-state index >= 15 is 0 Å². The lowest BCUT2D eigenvalue weighted by atomic mass is 9.94. The van der Waals surface area contributed by atoms with Crippen LogP contribution in [0.4, 0.5) is 13.2 Å². The minimum absolute atomic E-state index is 0.0393. The highest BCUT2D eigenvalue weighted by atomic mass is 32.2. The van der Waals surface area contributed by atoms with Crippen LogP contribution in [-0.2, 0) is 20.8 Å². The van der Waals surface area contributed by atoms with Gasteiger partial charge in [-0.25, -0.2) is 8.42 Å². The molecule has 1 aliphatic carbocycles. The second-order valence-corrected chi connectivity index (χ2v) is 11.6. The Morgan fingerprint density at radius 3 is 2.22 bits per heavy atom. The number of hydrogen-bond acceptors (Lipinski definition) is 4. The van der Waals surface area contributed by atoms with Crippen LogP contribution >= 0.6 is 0 Å². The predicted octanol–water partition coefficient (Wildman–Crippen LogP) is 4.19. The Labute approximate surface area is 187 Å². The molecule has 1 amide bonds. The molecule has 9 heteroatoms. The number of alkyl halides is 3. The summed E-state index contributed by atoms with van der Waals surface area (Å²) in [7, 11) is -3.11. The fraction of sp³-hybridized carbons (Fsp3) is 0.696. The Morgan fingerprint density at radius 2 is 1.62 bits per heavy atom. The minimum atomic E-state index is -4.37. The number of benzene rings is 1. The van der Waals surface area contributed by atoms with Gasteiger partial charge >= 0.3 is 6.18 Å². The first-order valence-electron chi connectivity index (χ1n) is 11.6. The zero-order valence-corrected chi connectivity index (χ0v) is 19.0. The Hall–Kier alpha value is -1.61. The van der Waals surface area contributed by atoms with Crippen molar-refractivity contribution in [1.29, 1.82) is 0 Å². The van der Waals surface area contributed by atoms with E-state index in [-0.39, 0.29) is 42.1 Å². The van der Waals surface area contributed by atoms with Crippen LogP contribution in [0.5, 0.6) is 0 Å². The largest absolute Gasteiger partial charge is 0.416 e. The van der Waals surface area contributed by atoms with Crippen molar-refractivity contribution < 1.29 is 26.4 Å². The molecule has 4 rings (SSSR count). The second-order valence-electron chi connectivity index (χ2n) is 9.40. The third-order valence-electron chi connectivity index (χ3n) is 7.18. The summed E-state index contributed by atoms with van der Waals surface area (Å²) < 4.78 is 63.0. The summed E-state index contributed by atoms with van der Waals surface area (Å²) in [4.78, 5) is 17.4. The van der Waals surface area contributed by atoms with Crippen LogP contribution in [0.15, 0.2) is 24.3 Å². The number of sulfone groups is 1. The Morgan fingerprint density at radius 1 is 0.969 bits per heavy atom. The highest BCUT2D eigenvalue weighted by molar-refractivity contribution is 7.91. The predicted molar refractivity (Wildman–Crippen MR) is 116 cm³/mol. The summed E-state index contributed by atoms with van der Waals surface area (Å²) in [6.07, 6.45) is 2.72. The molecule has 1 aromatic rings. The van der Waals surface area contributed by atoms with Gasteiger partial charge in [0.15, 0.2) is 9.84 Å². The zero-order valence-electron chi connectivity index (χ0n) is 18.2. The van der Waals surface area contributed by atoms with Gasteiger partial charge in [0.25, 0.3) is 0 Å². The lowest BCUT2D eigenvalue weighted by Gasteiger charge is -2.39. The van der Waals surface area contributed by atoms with E-state index in [1.165, 1.54) is 12.1 Å². The van der Waals surface area contributed by atoms with Gasteiger partial charge in [0, 0.05) is 18.1 Å². The van der Waals surface area contributed by atoms with Crippen molar-refractivity contribution in [1.82, 2.24) is 9.80 Å². The SMILES string of the molecule is O=C(CN1CCCCC1c1ccc(C(F)(F)F)cc1)N(C1CCCC1)C1CCS(=O)(=O)C1. The van der Waals surface area contributed by atoms with Crippen molar-refractivity contribution in [3.8, 4) is 0 Å². The summed E-state index contributed by atoms with van der Waals surface area (Å²) in [5.74, 6) is 0.127. The molecule has 5 nitrogen and oxygen atoms in total. The van der Waals surface area contributed by atoms with E-state index in [9.17, 15) is 26.4 Å². The van der Waals surface area contributed by atoms with E-state index < -0.39 is 21.6 Å². The molecule has 3 aliphatic rings. The monoisotopic (exact) mass is 472 g/mol. The number of carbonyl (C=O) groups excluding carboxylic acids is 1. The minimum Gasteiger partial charge on any atom is -0.335 e. The molecule has 1 aromatic carbocycles. The van der Waals surface area contributed by atoms with Gasteiger partial charge in [-0.15, -0.1) is 0 Å². The molecule has 0 aromatic heterocycles. The van der Waals surface area contributed by atoms with Gasteiger partial charge in [-0.1, -0.05) is 31.4 Å². The molecule has 3 fully saturated rings. The van der Waals surface area contributed by atoms with Crippen molar-refractivity contribution in [3.05, 3.63) is 35.4 Å². The van der Waals surface area contributed by atoms with E-state index in [0.717, 1.165) is 62.6 Å². The smallest absolute Gasteiger partial charge is 0.335 e. The van der Waals surface area contributed by atoms with Crippen molar-refractivity contribution in [2.24, 2.45) is 0 Å². The molecule has 2 atom stereocenters. The van der Waals surface area contributed by atoms with Gasteiger partial charge in [0.05, 0.1) is 23.6 Å². The van der Waals surface area contributed by atoms with E-state index in [1.807, 2.05) is 4.90 Å². The molecule has 2 saturated heterocycles. The molecule has 178 valence electrons. The highest BCUT2D eigenvalue weighted by Crippen LogP contribution is 2.35. The van der Waals surface area contributed by atoms with Crippen molar-refractivity contribution in [3.63, 3.8) is 0 Å². The third kappa shape index (κ3) is 5.30. The Bertz CT molecular complexity index is 911. The standard InChI is InChI=1S/C23H31F3N2O3S/c24-23(25,26)18-10-8-17(9-11-18)21-7-3-4-13-27(21)15-22(29)28(19-5-1-2-6-19)20-12-14-32(30,31)16-20/h8-11,19-21H,1-7,12-16H2. The number of hydrogen-bond donors (Lipinski definition) is 0. The van der Waals surface area contributed by atoms with Gasteiger partial charge in [-0.3, -0.25) is 9.69 Å². The number of rotatable bonds is 5. The normalized spacial score (nSPS) is 27.0. The van der Waals surface area contributed by atoms with Crippen LogP contribution in [0.1, 0.15) is 68.5 Å². The van der Waals surface area contributed by atoms with E-state index in [1.54, 1.807) is 0 Å². The molecular weight excluding hydrogens is 441 g/mol. The molecule has 0 radical (unpaired) electrons. The van der Waals surface area contributed by atoms with Gasteiger partial charge in [0.2, 0.25) is 5.91 Å². The Balaban J connectivity index is 1.51. The molecule has 1 saturated carbocycles. The first-order chi connectivity index (χ1) is 15.1. The lowest BCUT2D eigenvalue weighted by Crippen LogP contribution is -2.51. The maximum Gasteiger partial charge on any atom is 0.416 e. The summed E-state index contributed by atoms with van der Waals surface area (Å²) in [5, 5.41) is 0. The van der Waals surface area contributed by atoms with Gasteiger partial charge < -0.3 is 4.90 Å². The maximum absolute atomic E-state index is 13.5. The molecule has 2 heterocycles. The summed E-state index contributed by atoms with van der Waals surface area (Å²) in [6.45, 7) is 0.887. The average molecular weight is 473 g/mol. The van der Waals surface area contributed by atoms with E-state index in [4.69, 9.17) is 0 Å². The first kappa shape index (κ1) is 23.5. The van der Waals surface area contributed by atoms with Gasteiger partial charge in [-0.2, -0.15) is 13.2 Å². The first-order valence-corrected chi connectivity index (χ1v) is 13.4. The number of carbonyl (C=O) groups is 1. The molecule has 0 bridgehead atoms. The van der Waals surface area contributed by atoms with Gasteiger partial charge in [-0.05, 0) is 56.3 Å². The van der Waals surface area contributed by atoms with Crippen LogP contribution in [0, 0.1) is 0 Å². The van der Waals surface area contributed by atoms with E-state index in [0.29, 0.717) is 13.0 Å². The lowest BCUT2D eigenvalue weighted by molar-refractivity contribution is -0.138.